The van der Waals surface area contributed by atoms with Gasteiger partial charge in [0, 0.05) is 23.5 Å². The summed E-state index contributed by atoms with van der Waals surface area (Å²) in [5.74, 6) is 1.22. The van der Waals surface area contributed by atoms with E-state index in [-0.39, 0.29) is 45.8 Å². The number of nitrogens with zero attached hydrogens (tertiary/aromatic N) is 3. The molecular formula is C51H104N4O5. The van der Waals surface area contributed by atoms with E-state index < -0.39 is 11.1 Å². The summed E-state index contributed by atoms with van der Waals surface area (Å²) in [5.41, 5.74) is 0.397. The lowest BCUT2D eigenvalue weighted by Gasteiger charge is -2.43. The van der Waals surface area contributed by atoms with Crippen LogP contribution in [0.15, 0.2) is 23.3 Å². The Morgan fingerprint density at radius 1 is 0.617 bits per heavy atom. The fraction of sp³-hybridized carbons (Fsp3) is 0.882. The van der Waals surface area contributed by atoms with E-state index >= 15 is 0 Å². The predicted molar refractivity (Wildman–Crippen MR) is 258 cm³/mol. The van der Waals surface area contributed by atoms with E-state index in [4.69, 9.17) is 0 Å². The number of hydroxylamine groups is 6. The summed E-state index contributed by atoms with van der Waals surface area (Å²) in [6.07, 6.45) is 13.9. The molecule has 1 amide bonds. The van der Waals surface area contributed by atoms with Gasteiger partial charge in [0.15, 0.2) is 5.78 Å². The van der Waals surface area contributed by atoms with Gasteiger partial charge in [0.05, 0.1) is 33.7 Å². The van der Waals surface area contributed by atoms with Crippen LogP contribution >= 0.6 is 0 Å². The molecule has 3 rings (SSSR count). The Morgan fingerprint density at radius 3 is 1.30 bits per heavy atom. The smallest absolute Gasteiger partial charge is 0.220 e. The molecular weight excluding hydrogens is 749 g/mol. The summed E-state index contributed by atoms with van der Waals surface area (Å²) in [6.45, 7) is 49.3. The first-order valence-electron chi connectivity index (χ1n) is 24.6. The number of rotatable bonds is 15. The van der Waals surface area contributed by atoms with Crippen molar-refractivity contribution in [3.8, 4) is 0 Å². The maximum absolute atomic E-state index is 12.5. The predicted octanol–water partition coefficient (Wildman–Crippen LogP) is 14.0. The summed E-state index contributed by atoms with van der Waals surface area (Å²) in [6, 6.07) is -0.00579. The molecule has 9 heteroatoms. The summed E-state index contributed by atoms with van der Waals surface area (Å²) in [5, 5.41) is 39.3. The van der Waals surface area contributed by atoms with E-state index in [2.05, 4.69) is 80.6 Å². The molecule has 0 aromatic carbocycles. The van der Waals surface area contributed by atoms with Gasteiger partial charge < -0.3 is 20.9 Å². The van der Waals surface area contributed by atoms with Crippen molar-refractivity contribution in [1.29, 1.82) is 0 Å². The molecule has 3 aliphatic rings. The number of Topliss-reactive ketones (excluding diaryl/α,β-unsaturated/α-hetero) is 1. The fourth-order valence-electron chi connectivity index (χ4n) is 9.44. The number of hydrogen-bond donors (Lipinski definition) is 4. The van der Waals surface area contributed by atoms with Crippen molar-refractivity contribution in [2.24, 2.45) is 17.8 Å². The lowest BCUT2D eigenvalue weighted by Crippen LogP contribution is -2.54. The van der Waals surface area contributed by atoms with Crippen molar-refractivity contribution in [2.75, 3.05) is 0 Å². The van der Waals surface area contributed by atoms with E-state index in [0.29, 0.717) is 18.3 Å². The molecule has 0 spiro atoms. The van der Waals surface area contributed by atoms with Gasteiger partial charge in [0.1, 0.15) is 0 Å². The molecule has 9 nitrogen and oxygen atoms in total. The molecule has 358 valence electrons. The van der Waals surface area contributed by atoms with Crippen molar-refractivity contribution in [1.82, 2.24) is 20.5 Å². The van der Waals surface area contributed by atoms with Crippen LogP contribution in [-0.2, 0) is 9.59 Å². The Balaban J connectivity index is -0.000000763. The Labute approximate surface area is 373 Å². The maximum atomic E-state index is 12.5. The lowest BCUT2D eigenvalue weighted by molar-refractivity contribution is -0.209. The quantitative estimate of drug-likeness (QED) is 0.120. The number of nitrogens with one attached hydrogen (secondary N) is 1. The zero-order chi connectivity index (χ0) is 48.3. The van der Waals surface area contributed by atoms with Gasteiger partial charge in [-0.15, -0.1) is 0 Å². The number of hydrogen-bond acceptors (Lipinski definition) is 8. The molecule has 0 aromatic heterocycles. The average molecular weight is 853 g/mol. The molecule has 0 bridgehead atoms. The van der Waals surface area contributed by atoms with Gasteiger partial charge in [-0.25, -0.2) is 0 Å². The molecule has 4 N–H and O–H groups in total. The third-order valence-corrected chi connectivity index (χ3v) is 13.4. The van der Waals surface area contributed by atoms with Crippen molar-refractivity contribution in [2.45, 2.75) is 276 Å². The number of carbonyl (C=O) groups excluding carboxylic acids is 2. The van der Waals surface area contributed by atoms with Crippen LogP contribution in [-0.4, -0.2) is 81.8 Å². The van der Waals surface area contributed by atoms with Crippen LogP contribution in [0.1, 0.15) is 237 Å². The summed E-state index contributed by atoms with van der Waals surface area (Å²) in [7, 11) is 0. The molecule has 3 aliphatic heterocycles. The highest BCUT2D eigenvalue weighted by molar-refractivity contribution is 5.99. The minimum Gasteiger partial charge on any atom is -0.351 e. The van der Waals surface area contributed by atoms with Crippen LogP contribution in [0.25, 0.3) is 0 Å². The van der Waals surface area contributed by atoms with Crippen LogP contribution in [0.2, 0.25) is 0 Å². The molecule has 1 unspecified atom stereocenters. The second kappa shape index (κ2) is 27.5. The Morgan fingerprint density at radius 2 is 1.00 bits per heavy atom. The lowest BCUT2D eigenvalue weighted by atomic mass is 9.81. The van der Waals surface area contributed by atoms with Crippen LogP contribution in [0.5, 0.6) is 0 Å². The van der Waals surface area contributed by atoms with Crippen LogP contribution < -0.4 is 5.32 Å². The molecule has 0 radical (unpaired) electrons. The molecule has 1 fully saturated rings. The SMILES string of the molecule is CC.CC.CC.CC(C)CC(=O)NC1CC(C)(C)N(O)C1(C)C.CCC1(CC)C=C(C(=O)C(C)C)C(CC)(CC)N1O.CCC1(CC)C=C(CC(C)C)C(CC)(CC)N1O. The highest BCUT2D eigenvalue weighted by Crippen LogP contribution is 2.49. The fourth-order valence-corrected chi connectivity index (χ4v) is 9.44. The van der Waals surface area contributed by atoms with Crippen molar-refractivity contribution in [3.63, 3.8) is 0 Å². The monoisotopic (exact) mass is 853 g/mol. The van der Waals surface area contributed by atoms with Crippen LogP contribution in [0.3, 0.4) is 0 Å². The second-order valence-electron chi connectivity index (χ2n) is 18.8. The Hall–Kier alpha value is -1.62. The molecule has 0 aliphatic carbocycles. The van der Waals surface area contributed by atoms with Crippen LogP contribution in [0.4, 0.5) is 0 Å². The molecule has 1 saturated heterocycles. The van der Waals surface area contributed by atoms with E-state index in [1.54, 1.807) is 5.06 Å². The molecule has 60 heavy (non-hydrogen) atoms. The normalized spacial score (nSPS) is 21.7. The third-order valence-electron chi connectivity index (χ3n) is 13.4. The summed E-state index contributed by atoms with van der Waals surface area (Å²) >= 11 is 0. The zero-order valence-electron chi connectivity index (χ0n) is 44.2. The minimum absolute atomic E-state index is 0.00579. The van der Waals surface area contributed by atoms with Crippen molar-refractivity contribution in [3.05, 3.63) is 23.3 Å². The zero-order valence-corrected chi connectivity index (χ0v) is 44.2. The summed E-state index contributed by atoms with van der Waals surface area (Å²) in [4.78, 5) is 24.3. The van der Waals surface area contributed by atoms with Gasteiger partial charge in [-0.3, -0.25) is 9.59 Å². The molecule has 3 heterocycles. The van der Waals surface area contributed by atoms with Gasteiger partial charge in [-0.05, 0) is 109 Å². The van der Waals surface area contributed by atoms with E-state index in [1.807, 2.05) is 103 Å². The van der Waals surface area contributed by atoms with E-state index in [9.17, 15) is 25.2 Å². The van der Waals surface area contributed by atoms with Gasteiger partial charge in [-0.2, -0.15) is 15.2 Å². The summed E-state index contributed by atoms with van der Waals surface area (Å²) < 4.78 is 0. The first kappa shape index (κ1) is 62.7. The maximum Gasteiger partial charge on any atom is 0.220 e. The van der Waals surface area contributed by atoms with Gasteiger partial charge in [0.2, 0.25) is 5.91 Å². The molecule has 1 atom stereocenters. The second-order valence-corrected chi connectivity index (χ2v) is 18.8. The number of carbonyl (C=O) groups is 2. The first-order valence-corrected chi connectivity index (χ1v) is 24.6. The first-order chi connectivity index (χ1) is 27.8. The minimum atomic E-state index is -0.507. The van der Waals surface area contributed by atoms with Crippen molar-refractivity contribution >= 4 is 11.7 Å². The molecule has 0 aromatic rings. The number of ketones is 1. The van der Waals surface area contributed by atoms with Crippen LogP contribution in [0, 0.1) is 17.8 Å². The van der Waals surface area contributed by atoms with E-state index in [0.717, 1.165) is 69.8 Å². The average Bonchev–Trinajstić information content (AvgIpc) is 3.68. The Kier molecular flexibility index (Phi) is 28.8. The highest BCUT2D eigenvalue weighted by Gasteiger charge is 2.55. The van der Waals surface area contributed by atoms with E-state index in [1.165, 1.54) is 15.7 Å². The van der Waals surface area contributed by atoms with Gasteiger partial charge in [-0.1, -0.05) is 151 Å². The van der Waals surface area contributed by atoms with Gasteiger partial charge in [0.25, 0.3) is 0 Å². The van der Waals surface area contributed by atoms with Gasteiger partial charge >= 0.3 is 0 Å². The topological polar surface area (TPSA) is 117 Å². The molecule has 0 saturated carbocycles. The standard InChI is InChI=1S/C16H29NO2.C16H31NO.C13H26N2O2.3C2H6/c1-7-15(8-2)11-13(14(18)12(5)6)16(9-3,10-4)17(15)19;1-7-15(8-2)12-14(11-13(5)6)16(9-3,10-4)17(15)18;1-9(2)7-11(16)14-10-8-12(3,4)15(17)13(10,5)6;3*1-2/h11-12,19H,7-10H2,1-6H3;12-13,18H,7-11H2,1-6H3;9-10,17H,7-8H2,1-6H3,(H,14,16);3*1-2H3. The Bertz CT molecular complexity index is 1270. The number of amides is 1. The van der Waals surface area contributed by atoms with Crippen molar-refractivity contribution < 1.29 is 25.2 Å². The largest absolute Gasteiger partial charge is 0.351 e. The third kappa shape index (κ3) is 13.9. The highest BCUT2D eigenvalue weighted by atomic mass is 16.5.